The molecule has 2 aromatic carbocycles. The third-order valence-electron chi connectivity index (χ3n) is 4.12. The Morgan fingerprint density at radius 1 is 0.929 bits per heavy atom. The van der Waals surface area contributed by atoms with Crippen LogP contribution in [-0.2, 0) is 13.1 Å². The zero-order chi connectivity index (χ0) is 20.4. The van der Waals surface area contributed by atoms with E-state index in [0.717, 1.165) is 16.9 Å². The van der Waals surface area contributed by atoms with Crippen molar-refractivity contribution < 1.29 is 14.2 Å². The Hall–Kier alpha value is -2.89. The summed E-state index contributed by atoms with van der Waals surface area (Å²) in [5.74, 6) is 3.53. The van der Waals surface area contributed by atoms with Gasteiger partial charge in [-0.25, -0.2) is 0 Å². The number of hydrogen-bond donors (Lipinski definition) is 2. The largest absolute Gasteiger partial charge is 0.493 e. The van der Waals surface area contributed by atoms with E-state index < -0.39 is 0 Å². The Kier molecular flexibility index (Phi) is 8.46. The van der Waals surface area contributed by atoms with E-state index in [1.807, 2.05) is 36.4 Å². The van der Waals surface area contributed by atoms with E-state index in [9.17, 15) is 0 Å². The van der Waals surface area contributed by atoms with Crippen LogP contribution in [0.3, 0.4) is 0 Å². The van der Waals surface area contributed by atoms with E-state index in [0.29, 0.717) is 43.1 Å². The second-order valence-corrected chi connectivity index (χ2v) is 6.78. The van der Waals surface area contributed by atoms with Crippen molar-refractivity contribution in [3.8, 4) is 17.2 Å². The smallest absolute Gasteiger partial charge is 0.191 e. The minimum atomic E-state index is 0.483. The molecule has 0 atom stereocenters. The Morgan fingerprint density at radius 3 is 2.32 bits per heavy atom. The van der Waals surface area contributed by atoms with E-state index in [1.54, 1.807) is 21.3 Å². The molecule has 0 aliphatic carbocycles. The summed E-state index contributed by atoms with van der Waals surface area (Å²) in [4.78, 5) is 4.30. The Bertz CT molecular complexity index is 775. The number of methoxy groups -OCH3 is 2. The molecule has 28 heavy (non-hydrogen) atoms. The van der Waals surface area contributed by atoms with Crippen molar-refractivity contribution in [2.45, 2.75) is 26.9 Å². The van der Waals surface area contributed by atoms with Gasteiger partial charge in [-0.1, -0.05) is 38.1 Å². The molecule has 0 saturated heterocycles. The number of nitrogens with zero attached hydrogens (tertiary/aromatic N) is 1. The molecule has 0 aliphatic rings. The number of nitrogens with one attached hydrogen (secondary N) is 2. The number of ether oxygens (including phenoxy) is 3. The molecule has 0 amide bonds. The summed E-state index contributed by atoms with van der Waals surface area (Å²) in [6.45, 7) is 6.22. The van der Waals surface area contributed by atoms with Crippen molar-refractivity contribution in [3.63, 3.8) is 0 Å². The van der Waals surface area contributed by atoms with Crippen LogP contribution in [-0.4, -0.2) is 33.8 Å². The fourth-order valence-electron chi connectivity index (χ4n) is 2.62. The lowest BCUT2D eigenvalue weighted by molar-refractivity contribution is 0.268. The molecular formula is C22H31N3O3. The van der Waals surface area contributed by atoms with Crippen LogP contribution in [0.1, 0.15) is 25.0 Å². The van der Waals surface area contributed by atoms with Crippen LogP contribution in [0.2, 0.25) is 0 Å². The van der Waals surface area contributed by atoms with Crippen molar-refractivity contribution >= 4 is 5.96 Å². The van der Waals surface area contributed by atoms with Gasteiger partial charge in [0, 0.05) is 25.7 Å². The summed E-state index contributed by atoms with van der Waals surface area (Å²) in [6.07, 6.45) is 0. The first-order valence-electron chi connectivity index (χ1n) is 9.43. The van der Waals surface area contributed by atoms with Crippen molar-refractivity contribution in [1.29, 1.82) is 0 Å². The number of guanidine groups is 1. The summed E-state index contributed by atoms with van der Waals surface area (Å²) in [5.41, 5.74) is 2.17. The maximum Gasteiger partial charge on any atom is 0.191 e. The van der Waals surface area contributed by atoms with Gasteiger partial charge in [-0.3, -0.25) is 4.99 Å². The van der Waals surface area contributed by atoms with Crippen molar-refractivity contribution in [2.75, 3.05) is 27.9 Å². The number of hydrogen-bond acceptors (Lipinski definition) is 4. The molecule has 0 aromatic heterocycles. The molecule has 0 unspecified atom stereocenters. The lowest BCUT2D eigenvalue weighted by atomic mass is 10.2. The molecule has 0 radical (unpaired) electrons. The standard InChI is InChI=1S/C22H31N3O3/c1-16(2)15-28-19-9-7-6-8-18(19)14-25-22(23-3)24-13-17-10-11-20(26-4)21(12-17)27-5/h6-12,16H,13-15H2,1-5H3,(H2,23,24,25). The lowest BCUT2D eigenvalue weighted by Gasteiger charge is -2.16. The minimum absolute atomic E-state index is 0.483. The predicted molar refractivity (Wildman–Crippen MR) is 113 cm³/mol. The highest BCUT2D eigenvalue weighted by molar-refractivity contribution is 5.79. The summed E-state index contributed by atoms with van der Waals surface area (Å²) in [6, 6.07) is 13.9. The highest BCUT2D eigenvalue weighted by Gasteiger charge is 2.07. The van der Waals surface area contributed by atoms with Gasteiger partial charge < -0.3 is 24.8 Å². The zero-order valence-electron chi connectivity index (χ0n) is 17.4. The quantitative estimate of drug-likeness (QED) is 0.510. The maximum atomic E-state index is 5.92. The average molecular weight is 386 g/mol. The van der Waals surface area contributed by atoms with Crippen molar-refractivity contribution in [1.82, 2.24) is 10.6 Å². The lowest BCUT2D eigenvalue weighted by Crippen LogP contribution is -2.36. The third kappa shape index (κ3) is 6.37. The molecule has 2 aromatic rings. The predicted octanol–water partition coefficient (Wildman–Crippen LogP) is 3.60. The van der Waals surface area contributed by atoms with Crippen LogP contribution >= 0.6 is 0 Å². The normalized spacial score (nSPS) is 11.3. The molecule has 0 bridgehead atoms. The SMILES string of the molecule is CN=C(NCc1ccc(OC)c(OC)c1)NCc1ccccc1OCC(C)C. The first-order valence-corrected chi connectivity index (χ1v) is 9.43. The Labute approximate surface area is 167 Å². The molecule has 6 nitrogen and oxygen atoms in total. The molecule has 0 fully saturated rings. The molecule has 0 heterocycles. The zero-order valence-corrected chi connectivity index (χ0v) is 17.4. The minimum Gasteiger partial charge on any atom is -0.493 e. The van der Waals surface area contributed by atoms with Gasteiger partial charge in [-0.15, -0.1) is 0 Å². The van der Waals surface area contributed by atoms with Crippen LogP contribution in [0.4, 0.5) is 0 Å². The van der Waals surface area contributed by atoms with Gasteiger partial charge >= 0.3 is 0 Å². The van der Waals surface area contributed by atoms with Gasteiger partial charge in [0.2, 0.25) is 0 Å². The highest BCUT2D eigenvalue weighted by Crippen LogP contribution is 2.27. The average Bonchev–Trinajstić information content (AvgIpc) is 2.72. The number of benzene rings is 2. The highest BCUT2D eigenvalue weighted by atomic mass is 16.5. The first kappa shape index (κ1) is 21.4. The van der Waals surface area contributed by atoms with E-state index in [4.69, 9.17) is 14.2 Å². The van der Waals surface area contributed by atoms with Crippen molar-refractivity contribution in [2.24, 2.45) is 10.9 Å². The third-order valence-corrected chi connectivity index (χ3v) is 4.12. The van der Waals surface area contributed by atoms with Crippen molar-refractivity contribution in [3.05, 3.63) is 53.6 Å². The molecule has 2 rings (SSSR count). The topological polar surface area (TPSA) is 64.1 Å². The molecule has 152 valence electrons. The van der Waals surface area contributed by atoms with Gasteiger partial charge in [0.1, 0.15) is 5.75 Å². The van der Waals surface area contributed by atoms with Gasteiger partial charge in [0.15, 0.2) is 17.5 Å². The number of aliphatic imine (C=N–C) groups is 1. The van der Waals surface area contributed by atoms with Gasteiger partial charge in [0.25, 0.3) is 0 Å². The summed E-state index contributed by atoms with van der Waals surface area (Å²) >= 11 is 0. The number of para-hydroxylation sites is 1. The number of rotatable bonds is 9. The van der Waals surface area contributed by atoms with Gasteiger partial charge in [0.05, 0.1) is 20.8 Å². The molecular weight excluding hydrogens is 354 g/mol. The molecule has 0 spiro atoms. The maximum absolute atomic E-state index is 5.92. The van der Waals surface area contributed by atoms with Crippen LogP contribution in [0.15, 0.2) is 47.5 Å². The first-order chi connectivity index (χ1) is 13.6. The molecule has 2 N–H and O–H groups in total. The second kappa shape index (κ2) is 11.1. The monoisotopic (exact) mass is 385 g/mol. The van der Waals surface area contributed by atoms with E-state index in [-0.39, 0.29) is 0 Å². The Morgan fingerprint density at radius 2 is 1.64 bits per heavy atom. The van der Waals surface area contributed by atoms with Crippen LogP contribution in [0, 0.1) is 5.92 Å². The van der Waals surface area contributed by atoms with Gasteiger partial charge in [-0.05, 0) is 29.7 Å². The van der Waals surface area contributed by atoms with E-state index >= 15 is 0 Å². The molecule has 0 saturated carbocycles. The molecule has 0 aliphatic heterocycles. The summed E-state index contributed by atoms with van der Waals surface area (Å²) < 4.78 is 16.5. The van der Waals surface area contributed by atoms with E-state index in [1.165, 1.54) is 0 Å². The van der Waals surface area contributed by atoms with Gasteiger partial charge in [-0.2, -0.15) is 0 Å². The van der Waals surface area contributed by atoms with Crippen LogP contribution < -0.4 is 24.8 Å². The van der Waals surface area contributed by atoms with E-state index in [2.05, 4.69) is 35.5 Å². The second-order valence-electron chi connectivity index (χ2n) is 6.78. The Balaban J connectivity index is 1.94. The fraction of sp³-hybridized carbons (Fsp3) is 0.409. The summed E-state index contributed by atoms with van der Waals surface area (Å²) in [7, 11) is 5.02. The summed E-state index contributed by atoms with van der Waals surface area (Å²) in [5, 5.41) is 6.65. The molecule has 6 heteroatoms. The van der Waals surface area contributed by atoms with Crippen LogP contribution in [0.5, 0.6) is 17.2 Å². The fourth-order valence-corrected chi connectivity index (χ4v) is 2.62. The van der Waals surface area contributed by atoms with Crippen LogP contribution in [0.25, 0.3) is 0 Å².